The molecule has 100 valence electrons. The number of nitrogens with zero attached hydrogens (tertiary/aromatic N) is 3. The van der Waals surface area contributed by atoms with Crippen LogP contribution in [-0.2, 0) is 7.05 Å². The van der Waals surface area contributed by atoms with Crippen LogP contribution in [0.3, 0.4) is 0 Å². The molecule has 2 N–H and O–H groups in total. The van der Waals surface area contributed by atoms with Gasteiger partial charge in [-0.25, -0.2) is 0 Å². The van der Waals surface area contributed by atoms with E-state index in [1.54, 1.807) is 36.3 Å². The summed E-state index contributed by atoms with van der Waals surface area (Å²) in [4.78, 5) is 10.1. The van der Waals surface area contributed by atoms with E-state index in [1.165, 1.54) is 12.1 Å². The second kappa shape index (κ2) is 5.49. The van der Waals surface area contributed by atoms with Gasteiger partial charge in [-0.1, -0.05) is 0 Å². The Hall–Kier alpha value is -2.41. The molecular weight excluding hydrogens is 248 g/mol. The highest BCUT2D eigenvalue weighted by Crippen LogP contribution is 2.17. The number of nitro benzene ring substituents is 1. The summed E-state index contributed by atoms with van der Waals surface area (Å²) in [5.74, 6) is 0. The van der Waals surface area contributed by atoms with Crippen LogP contribution in [0.1, 0.15) is 11.7 Å². The highest BCUT2D eigenvalue weighted by atomic mass is 16.6. The van der Waals surface area contributed by atoms with Crippen molar-refractivity contribution in [2.24, 2.45) is 7.05 Å². The van der Waals surface area contributed by atoms with Crippen LogP contribution in [0.4, 0.5) is 11.4 Å². The largest absolute Gasteiger partial charge is 0.386 e. The number of benzene rings is 1. The summed E-state index contributed by atoms with van der Waals surface area (Å²) >= 11 is 0. The average Bonchev–Trinajstić information content (AvgIpc) is 2.83. The van der Waals surface area contributed by atoms with Gasteiger partial charge in [0.15, 0.2) is 0 Å². The van der Waals surface area contributed by atoms with Gasteiger partial charge in [0, 0.05) is 43.2 Å². The van der Waals surface area contributed by atoms with E-state index in [-0.39, 0.29) is 5.69 Å². The van der Waals surface area contributed by atoms with Crippen molar-refractivity contribution in [1.29, 1.82) is 0 Å². The lowest BCUT2D eigenvalue weighted by atomic mass is 10.2. The molecule has 0 spiro atoms. The zero-order valence-electron chi connectivity index (χ0n) is 10.4. The van der Waals surface area contributed by atoms with Gasteiger partial charge in [-0.05, 0) is 12.1 Å². The third-order valence-corrected chi connectivity index (χ3v) is 2.69. The highest BCUT2D eigenvalue weighted by molar-refractivity contribution is 5.48. The maximum absolute atomic E-state index is 10.5. The maximum atomic E-state index is 10.5. The van der Waals surface area contributed by atoms with E-state index in [0.29, 0.717) is 12.2 Å². The summed E-state index contributed by atoms with van der Waals surface area (Å²) in [5.41, 5.74) is 1.48. The Balaban J connectivity index is 1.93. The van der Waals surface area contributed by atoms with Crippen molar-refractivity contribution in [3.8, 4) is 0 Å². The lowest BCUT2D eigenvalue weighted by Gasteiger charge is -2.10. The molecule has 0 saturated carbocycles. The molecule has 0 fully saturated rings. The van der Waals surface area contributed by atoms with Crippen LogP contribution in [0, 0.1) is 10.1 Å². The van der Waals surface area contributed by atoms with Crippen molar-refractivity contribution in [3.05, 3.63) is 52.3 Å². The number of non-ortho nitro benzene ring substituents is 1. The number of hydrogen-bond acceptors (Lipinski definition) is 5. The molecule has 1 unspecified atom stereocenters. The molecule has 0 aliphatic heterocycles. The van der Waals surface area contributed by atoms with E-state index in [4.69, 9.17) is 0 Å². The summed E-state index contributed by atoms with van der Waals surface area (Å²) in [7, 11) is 1.78. The van der Waals surface area contributed by atoms with Gasteiger partial charge in [-0.2, -0.15) is 5.10 Å². The Bertz CT molecular complexity index is 565. The molecule has 0 bridgehead atoms. The summed E-state index contributed by atoms with van der Waals surface area (Å²) < 4.78 is 1.62. The fourth-order valence-electron chi connectivity index (χ4n) is 1.65. The Morgan fingerprint density at radius 3 is 2.68 bits per heavy atom. The van der Waals surface area contributed by atoms with Crippen LogP contribution in [0.25, 0.3) is 0 Å². The molecule has 19 heavy (non-hydrogen) atoms. The van der Waals surface area contributed by atoms with E-state index in [2.05, 4.69) is 10.4 Å². The molecule has 0 aliphatic rings. The van der Waals surface area contributed by atoms with Gasteiger partial charge in [0.1, 0.15) is 0 Å². The molecule has 0 radical (unpaired) electrons. The van der Waals surface area contributed by atoms with E-state index >= 15 is 0 Å². The number of anilines is 1. The number of rotatable bonds is 5. The van der Waals surface area contributed by atoms with Gasteiger partial charge >= 0.3 is 0 Å². The van der Waals surface area contributed by atoms with E-state index in [0.717, 1.165) is 5.56 Å². The molecule has 1 aromatic carbocycles. The Morgan fingerprint density at radius 1 is 1.47 bits per heavy atom. The molecule has 7 nitrogen and oxygen atoms in total. The lowest BCUT2D eigenvalue weighted by Crippen LogP contribution is -2.11. The highest BCUT2D eigenvalue weighted by Gasteiger charge is 2.09. The summed E-state index contributed by atoms with van der Waals surface area (Å²) in [5, 5.41) is 27.4. The molecule has 0 amide bonds. The van der Waals surface area contributed by atoms with E-state index in [9.17, 15) is 15.2 Å². The van der Waals surface area contributed by atoms with Crippen LogP contribution >= 0.6 is 0 Å². The van der Waals surface area contributed by atoms with Crippen molar-refractivity contribution in [2.75, 3.05) is 11.9 Å². The normalized spacial score (nSPS) is 12.1. The van der Waals surface area contributed by atoms with Crippen molar-refractivity contribution < 1.29 is 10.0 Å². The molecule has 7 heteroatoms. The van der Waals surface area contributed by atoms with Gasteiger partial charge in [-0.3, -0.25) is 14.8 Å². The standard InChI is InChI=1S/C12H14N4O3/c1-15-8-9(6-14-15)12(17)7-13-10-2-4-11(5-3-10)16(18)19/h2-6,8,12-13,17H,7H2,1H3. The van der Waals surface area contributed by atoms with Crippen LogP contribution in [0.5, 0.6) is 0 Å². The quantitative estimate of drug-likeness (QED) is 0.628. The minimum atomic E-state index is -0.677. The molecule has 1 heterocycles. The fourth-order valence-corrected chi connectivity index (χ4v) is 1.65. The third kappa shape index (κ3) is 3.29. The maximum Gasteiger partial charge on any atom is 0.269 e. The summed E-state index contributed by atoms with van der Waals surface area (Å²) in [6.07, 6.45) is 2.66. The van der Waals surface area contributed by atoms with Gasteiger partial charge in [0.25, 0.3) is 5.69 Å². The number of aryl methyl sites for hydroxylation is 1. The number of nitro groups is 1. The Labute approximate surface area is 109 Å². The van der Waals surface area contributed by atoms with Crippen LogP contribution in [0.2, 0.25) is 0 Å². The number of nitrogens with one attached hydrogen (secondary N) is 1. The SMILES string of the molecule is Cn1cc(C(O)CNc2ccc([N+](=O)[O-])cc2)cn1. The zero-order valence-corrected chi connectivity index (χ0v) is 10.4. The summed E-state index contributed by atoms with van der Waals surface area (Å²) in [6.45, 7) is 0.309. The number of aliphatic hydroxyl groups is 1. The first-order valence-electron chi connectivity index (χ1n) is 5.71. The first kappa shape index (κ1) is 13.0. The zero-order chi connectivity index (χ0) is 13.8. The monoisotopic (exact) mass is 262 g/mol. The first-order valence-corrected chi connectivity index (χ1v) is 5.71. The third-order valence-electron chi connectivity index (χ3n) is 2.69. The van der Waals surface area contributed by atoms with E-state index in [1.807, 2.05) is 0 Å². The molecule has 0 aliphatic carbocycles. The molecule has 0 saturated heterocycles. The minimum Gasteiger partial charge on any atom is -0.386 e. The molecule has 2 aromatic rings. The molecule has 1 atom stereocenters. The fraction of sp³-hybridized carbons (Fsp3) is 0.250. The first-order chi connectivity index (χ1) is 9.06. The van der Waals surface area contributed by atoms with Crippen molar-refractivity contribution in [1.82, 2.24) is 9.78 Å². The number of hydrogen-bond donors (Lipinski definition) is 2. The van der Waals surface area contributed by atoms with Crippen molar-refractivity contribution in [2.45, 2.75) is 6.10 Å². The van der Waals surface area contributed by atoms with E-state index < -0.39 is 11.0 Å². The number of aromatic nitrogens is 2. The van der Waals surface area contributed by atoms with Crippen LogP contribution in [0.15, 0.2) is 36.7 Å². The van der Waals surface area contributed by atoms with Crippen molar-refractivity contribution in [3.63, 3.8) is 0 Å². The van der Waals surface area contributed by atoms with Gasteiger partial charge in [0.05, 0.1) is 17.2 Å². The molecule has 1 aromatic heterocycles. The van der Waals surface area contributed by atoms with Crippen LogP contribution in [-0.4, -0.2) is 26.4 Å². The average molecular weight is 262 g/mol. The van der Waals surface area contributed by atoms with Gasteiger partial charge in [-0.15, -0.1) is 0 Å². The Kier molecular flexibility index (Phi) is 3.76. The van der Waals surface area contributed by atoms with Gasteiger partial charge < -0.3 is 10.4 Å². The lowest BCUT2D eigenvalue weighted by molar-refractivity contribution is -0.384. The summed E-state index contributed by atoms with van der Waals surface area (Å²) in [6, 6.07) is 6.04. The van der Waals surface area contributed by atoms with Crippen molar-refractivity contribution >= 4 is 11.4 Å². The topological polar surface area (TPSA) is 93.2 Å². The molecular formula is C12H14N4O3. The molecule has 2 rings (SSSR count). The predicted octanol–water partition coefficient (Wildman–Crippen LogP) is 1.47. The smallest absolute Gasteiger partial charge is 0.269 e. The Morgan fingerprint density at radius 2 is 2.16 bits per heavy atom. The predicted molar refractivity (Wildman–Crippen MR) is 69.8 cm³/mol. The second-order valence-electron chi connectivity index (χ2n) is 4.15. The second-order valence-corrected chi connectivity index (χ2v) is 4.15. The van der Waals surface area contributed by atoms with Gasteiger partial charge in [0.2, 0.25) is 0 Å². The minimum absolute atomic E-state index is 0.0401. The van der Waals surface area contributed by atoms with Crippen LogP contribution < -0.4 is 5.32 Å². The number of aliphatic hydroxyl groups excluding tert-OH is 1.